The number of amides is 1. The molecule has 0 unspecified atom stereocenters. The van der Waals surface area contributed by atoms with Gasteiger partial charge in [0.05, 0.1) is 5.92 Å². The van der Waals surface area contributed by atoms with Gasteiger partial charge in [0.1, 0.15) is 0 Å². The Morgan fingerprint density at radius 3 is 2.33 bits per heavy atom. The van der Waals surface area contributed by atoms with E-state index >= 15 is 0 Å². The fourth-order valence-corrected chi connectivity index (χ4v) is 7.55. The van der Waals surface area contributed by atoms with E-state index in [1.165, 1.54) is 56.1 Å². The summed E-state index contributed by atoms with van der Waals surface area (Å²) in [6.45, 7) is 1.05. The summed E-state index contributed by atoms with van der Waals surface area (Å²) in [7, 11) is 0. The molecular formula is C22H27NO. The number of likely N-dealkylation sites (tertiary alicyclic amines) is 1. The van der Waals surface area contributed by atoms with E-state index in [4.69, 9.17) is 0 Å². The van der Waals surface area contributed by atoms with E-state index in [1.54, 1.807) is 0 Å². The van der Waals surface area contributed by atoms with Crippen LogP contribution < -0.4 is 0 Å². The standard InChI is InChI=1S/C22H27NO/c24-22-20-16(6-5-15-3-1-2-4-19(15)20)12-23(22)21-17-8-13-7-14(10-17)11-18(21)9-13/h1-4,13-14,16-18,20-21H,5-12H2/t13?,14?,16-,17?,18?,20+,21?/m1/s1. The van der Waals surface area contributed by atoms with Crippen LogP contribution in [-0.2, 0) is 11.2 Å². The summed E-state index contributed by atoms with van der Waals surface area (Å²) < 4.78 is 0. The van der Waals surface area contributed by atoms with Crippen molar-refractivity contribution in [1.82, 2.24) is 4.90 Å². The summed E-state index contributed by atoms with van der Waals surface area (Å²) in [4.78, 5) is 15.8. The van der Waals surface area contributed by atoms with Gasteiger partial charge in [-0.1, -0.05) is 24.3 Å². The molecule has 1 aromatic rings. The fraction of sp³-hybridized carbons (Fsp3) is 0.682. The van der Waals surface area contributed by atoms with Crippen LogP contribution in [0.25, 0.3) is 0 Å². The van der Waals surface area contributed by atoms with Gasteiger partial charge in [-0.05, 0) is 85.7 Å². The fourth-order valence-electron chi connectivity index (χ4n) is 7.55. The van der Waals surface area contributed by atoms with Crippen molar-refractivity contribution in [2.45, 2.75) is 56.9 Å². The molecule has 0 radical (unpaired) electrons. The topological polar surface area (TPSA) is 20.3 Å². The first kappa shape index (κ1) is 13.9. The van der Waals surface area contributed by atoms with Crippen molar-refractivity contribution < 1.29 is 4.79 Å². The van der Waals surface area contributed by atoms with E-state index in [2.05, 4.69) is 29.2 Å². The third-order valence-electron chi connectivity index (χ3n) is 8.16. The largest absolute Gasteiger partial charge is 0.338 e. The first-order chi connectivity index (χ1) is 11.8. The molecule has 126 valence electrons. The second-order valence-corrected chi connectivity index (χ2v) is 9.39. The Hall–Kier alpha value is -1.31. The Kier molecular flexibility index (Phi) is 2.82. The summed E-state index contributed by atoms with van der Waals surface area (Å²) in [6, 6.07) is 9.31. The van der Waals surface area contributed by atoms with E-state index in [9.17, 15) is 4.79 Å². The molecule has 2 heteroatoms. The molecule has 1 aromatic carbocycles. The van der Waals surface area contributed by atoms with E-state index in [-0.39, 0.29) is 5.92 Å². The zero-order valence-electron chi connectivity index (χ0n) is 14.4. The minimum absolute atomic E-state index is 0.173. The molecule has 4 bridgehead atoms. The van der Waals surface area contributed by atoms with Crippen LogP contribution in [0.1, 0.15) is 55.6 Å². The smallest absolute Gasteiger partial charge is 0.230 e. The molecule has 0 aromatic heterocycles. The molecule has 1 saturated heterocycles. The van der Waals surface area contributed by atoms with Crippen LogP contribution in [0.3, 0.4) is 0 Å². The Bertz CT molecular complexity index is 667. The van der Waals surface area contributed by atoms with Gasteiger partial charge in [-0.3, -0.25) is 4.79 Å². The molecular weight excluding hydrogens is 294 g/mol. The van der Waals surface area contributed by atoms with Crippen molar-refractivity contribution in [2.24, 2.45) is 29.6 Å². The third kappa shape index (κ3) is 1.80. The van der Waals surface area contributed by atoms with Crippen molar-refractivity contribution in [3.05, 3.63) is 35.4 Å². The molecule has 2 atom stereocenters. The number of hydrogen-bond donors (Lipinski definition) is 0. The number of fused-ring (bicyclic) bond motifs is 3. The van der Waals surface area contributed by atoms with Crippen LogP contribution in [0.2, 0.25) is 0 Å². The molecule has 1 aliphatic heterocycles. The SMILES string of the molecule is O=C1[C@@H]2c3ccccc3CC[C@@H]2CN1C1C2CC3CC(C2)CC1C3. The lowest BCUT2D eigenvalue weighted by Crippen LogP contribution is -2.56. The second-order valence-electron chi connectivity index (χ2n) is 9.39. The van der Waals surface area contributed by atoms with Gasteiger partial charge in [-0.15, -0.1) is 0 Å². The molecule has 1 heterocycles. The molecule has 2 nitrogen and oxygen atoms in total. The number of nitrogens with zero attached hydrogens (tertiary/aromatic N) is 1. The van der Waals surface area contributed by atoms with Crippen molar-refractivity contribution in [1.29, 1.82) is 0 Å². The normalized spacial score (nSPS) is 45.4. The van der Waals surface area contributed by atoms with Gasteiger partial charge in [0, 0.05) is 12.6 Å². The molecule has 24 heavy (non-hydrogen) atoms. The maximum atomic E-state index is 13.5. The van der Waals surface area contributed by atoms with Crippen LogP contribution in [0.5, 0.6) is 0 Å². The maximum absolute atomic E-state index is 13.5. The van der Waals surface area contributed by atoms with Crippen molar-refractivity contribution >= 4 is 5.91 Å². The number of rotatable bonds is 1. The first-order valence-electron chi connectivity index (χ1n) is 10.2. The zero-order chi connectivity index (χ0) is 15.8. The zero-order valence-corrected chi connectivity index (χ0v) is 14.4. The van der Waals surface area contributed by atoms with Crippen LogP contribution >= 0.6 is 0 Å². The minimum atomic E-state index is 0.173. The van der Waals surface area contributed by atoms with Crippen molar-refractivity contribution in [2.75, 3.05) is 6.54 Å². The first-order valence-corrected chi connectivity index (χ1v) is 10.2. The summed E-state index contributed by atoms with van der Waals surface area (Å²) in [6.07, 6.45) is 9.51. The predicted octanol–water partition coefficient (Wildman–Crippen LogP) is 4.00. The van der Waals surface area contributed by atoms with Gasteiger partial charge in [0.25, 0.3) is 0 Å². The van der Waals surface area contributed by atoms with E-state index in [1.807, 2.05) is 0 Å². The van der Waals surface area contributed by atoms with Crippen LogP contribution in [0.15, 0.2) is 24.3 Å². The number of benzene rings is 1. The van der Waals surface area contributed by atoms with Crippen LogP contribution in [0.4, 0.5) is 0 Å². The van der Waals surface area contributed by atoms with Gasteiger partial charge in [-0.2, -0.15) is 0 Å². The molecule has 4 saturated carbocycles. The average Bonchev–Trinajstić information content (AvgIpc) is 2.91. The monoisotopic (exact) mass is 321 g/mol. The highest BCUT2D eigenvalue weighted by Crippen LogP contribution is 2.56. The summed E-state index contributed by atoms with van der Waals surface area (Å²) in [5.41, 5.74) is 2.78. The van der Waals surface area contributed by atoms with Crippen molar-refractivity contribution in [3.8, 4) is 0 Å². The van der Waals surface area contributed by atoms with Gasteiger partial charge in [-0.25, -0.2) is 0 Å². The lowest BCUT2D eigenvalue weighted by Gasteiger charge is -2.56. The Balaban J connectivity index is 1.34. The Labute approximate surface area is 144 Å². The van der Waals surface area contributed by atoms with E-state index in [0.717, 1.165) is 30.2 Å². The van der Waals surface area contributed by atoms with E-state index < -0.39 is 0 Å². The van der Waals surface area contributed by atoms with Gasteiger partial charge < -0.3 is 4.90 Å². The highest BCUT2D eigenvalue weighted by molar-refractivity contribution is 5.87. The lowest BCUT2D eigenvalue weighted by molar-refractivity contribution is -0.139. The molecule has 1 amide bonds. The van der Waals surface area contributed by atoms with Crippen LogP contribution in [-0.4, -0.2) is 23.4 Å². The molecule has 0 N–H and O–H groups in total. The van der Waals surface area contributed by atoms with Gasteiger partial charge >= 0.3 is 0 Å². The molecule has 6 aliphatic rings. The summed E-state index contributed by atoms with van der Waals surface area (Å²) in [5.74, 6) is 4.84. The van der Waals surface area contributed by atoms with Crippen LogP contribution in [0, 0.1) is 29.6 Å². The number of hydrogen-bond acceptors (Lipinski definition) is 1. The molecule has 5 aliphatic carbocycles. The molecule has 5 fully saturated rings. The average molecular weight is 321 g/mol. The highest BCUT2D eigenvalue weighted by atomic mass is 16.2. The highest BCUT2D eigenvalue weighted by Gasteiger charge is 2.54. The van der Waals surface area contributed by atoms with E-state index in [0.29, 0.717) is 17.9 Å². The predicted molar refractivity (Wildman–Crippen MR) is 93.5 cm³/mol. The summed E-state index contributed by atoms with van der Waals surface area (Å²) in [5, 5.41) is 0. The molecule has 0 spiro atoms. The summed E-state index contributed by atoms with van der Waals surface area (Å²) >= 11 is 0. The van der Waals surface area contributed by atoms with Gasteiger partial charge in [0.2, 0.25) is 5.91 Å². The Morgan fingerprint density at radius 1 is 0.875 bits per heavy atom. The lowest BCUT2D eigenvalue weighted by atomic mass is 9.54. The van der Waals surface area contributed by atoms with Gasteiger partial charge in [0.15, 0.2) is 0 Å². The van der Waals surface area contributed by atoms with Crippen molar-refractivity contribution in [3.63, 3.8) is 0 Å². The number of carbonyl (C=O) groups is 1. The number of aryl methyl sites for hydroxylation is 1. The maximum Gasteiger partial charge on any atom is 0.230 e. The molecule has 7 rings (SSSR count). The quantitative estimate of drug-likeness (QED) is 0.765. The number of carbonyl (C=O) groups excluding carboxylic acids is 1. The minimum Gasteiger partial charge on any atom is -0.338 e. The third-order valence-corrected chi connectivity index (χ3v) is 8.16. The second kappa shape index (κ2) is 4.86. The Morgan fingerprint density at radius 2 is 1.58 bits per heavy atom.